The lowest BCUT2D eigenvalue weighted by Gasteiger charge is -1.99. The lowest BCUT2D eigenvalue weighted by molar-refractivity contribution is 0.637. The van der Waals surface area contributed by atoms with Crippen molar-refractivity contribution in [2.24, 2.45) is 0 Å². The Morgan fingerprint density at radius 1 is 1.05 bits per heavy atom. The number of aromatic amines is 1. The summed E-state index contributed by atoms with van der Waals surface area (Å²) in [6, 6.07) is 12.5. The molecule has 4 aromatic rings. The summed E-state index contributed by atoms with van der Waals surface area (Å²) in [5.74, 6) is -0.273. The first-order valence-corrected chi connectivity index (χ1v) is 6.27. The number of para-hydroxylation sites is 1. The predicted molar refractivity (Wildman–Crippen MR) is 76.1 cm³/mol. The molecule has 4 rings (SSSR count). The smallest absolute Gasteiger partial charge is 0.147 e. The fourth-order valence-electron chi connectivity index (χ4n) is 2.44. The second-order valence-electron chi connectivity index (χ2n) is 4.48. The van der Waals surface area contributed by atoms with Crippen LogP contribution in [0.1, 0.15) is 0 Å². The van der Waals surface area contributed by atoms with Crippen molar-refractivity contribution in [3.63, 3.8) is 0 Å². The maximum absolute atomic E-state index is 13.8. The van der Waals surface area contributed by atoms with Gasteiger partial charge >= 0.3 is 0 Å². The van der Waals surface area contributed by atoms with Crippen LogP contribution in [0.4, 0.5) is 4.39 Å². The van der Waals surface area contributed by atoms with Gasteiger partial charge in [-0.05, 0) is 24.3 Å². The SMILES string of the molecule is Fc1cccc2c1[nH]c1cc3c(Cl)cccc3nc12. The molecule has 0 aliphatic heterocycles. The second kappa shape index (κ2) is 3.68. The average Bonchev–Trinajstić information content (AvgIpc) is 2.77. The zero-order valence-corrected chi connectivity index (χ0v) is 10.5. The molecule has 19 heavy (non-hydrogen) atoms. The molecule has 0 fully saturated rings. The van der Waals surface area contributed by atoms with Crippen LogP contribution in [0.3, 0.4) is 0 Å². The van der Waals surface area contributed by atoms with Gasteiger partial charge in [0.15, 0.2) is 0 Å². The Morgan fingerprint density at radius 2 is 1.89 bits per heavy atom. The van der Waals surface area contributed by atoms with E-state index in [2.05, 4.69) is 9.97 Å². The summed E-state index contributed by atoms with van der Waals surface area (Å²) < 4.78 is 13.8. The van der Waals surface area contributed by atoms with Gasteiger partial charge < -0.3 is 4.98 Å². The molecule has 92 valence electrons. The molecule has 0 bridgehead atoms. The van der Waals surface area contributed by atoms with E-state index in [9.17, 15) is 4.39 Å². The monoisotopic (exact) mass is 270 g/mol. The Bertz CT molecular complexity index is 931. The van der Waals surface area contributed by atoms with Gasteiger partial charge in [0.25, 0.3) is 0 Å². The van der Waals surface area contributed by atoms with Crippen LogP contribution < -0.4 is 0 Å². The highest BCUT2D eigenvalue weighted by Gasteiger charge is 2.11. The van der Waals surface area contributed by atoms with E-state index in [0.29, 0.717) is 10.5 Å². The highest BCUT2D eigenvalue weighted by molar-refractivity contribution is 6.35. The summed E-state index contributed by atoms with van der Waals surface area (Å²) in [6.45, 7) is 0. The van der Waals surface area contributed by atoms with Crippen LogP contribution in [-0.2, 0) is 0 Å². The van der Waals surface area contributed by atoms with Gasteiger partial charge in [-0.1, -0.05) is 29.8 Å². The van der Waals surface area contributed by atoms with E-state index in [1.54, 1.807) is 6.07 Å². The first-order valence-electron chi connectivity index (χ1n) is 5.89. The first-order chi connectivity index (χ1) is 9.24. The Morgan fingerprint density at radius 3 is 2.79 bits per heavy atom. The number of pyridine rings is 1. The summed E-state index contributed by atoms with van der Waals surface area (Å²) in [6.07, 6.45) is 0. The van der Waals surface area contributed by atoms with Crippen molar-refractivity contribution in [1.82, 2.24) is 9.97 Å². The van der Waals surface area contributed by atoms with Gasteiger partial charge in [-0.15, -0.1) is 0 Å². The van der Waals surface area contributed by atoms with E-state index < -0.39 is 0 Å². The van der Waals surface area contributed by atoms with Gasteiger partial charge in [0.1, 0.15) is 5.82 Å². The Kier molecular flexibility index (Phi) is 2.09. The van der Waals surface area contributed by atoms with Crippen LogP contribution in [0.15, 0.2) is 42.5 Å². The second-order valence-corrected chi connectivity index (χ2v) is 4.89. The van der Waals surface area contributed by atoms with E-state index in [0.717, 1.165) is 27.3 Å². The topological polar surface area (TPSA) is 28.7 Å². The molecule has 0 saturated heterocycles. The number of hydrogen-bond donors (Lipinski definition) is 1. The zero-order valence-electron chi connectivity index (χ0n) is 9.74. The number of hydrogen-bond acceptors (Lipinski definition) is 1. The Balaban J connectivity index is 2.27. The molecule has 1 N–H and O–H groups in total. The highest BCUT2D eigenvalue weighted by Crippen LogP contribution is 2.30. The summed E-state index contributed by atoms with van der Waals surface area (Å²) >= 11 is 6.16. The van der Waals surface area contributed by atoms with Crippen molar-refractivity contribution in [2.45, 2.75) is 0 Å². The number of H-pyrrole nitrogens is 1. The summed E-state index contributed by atoms with van der Waals surface area (Å²) in [5, 5.41) is 2.30. The van der Waals surface area contributed by atoms with Gasteiger partial charge in [-0.3, -0.25) is 0 Å². The number of nitrogens with zero attached hydrogens (tertiary/aromatic N) is 1. The van der Waals surface area contributed by atoms with Crippen molar-refractivity contribution in [1.29, 1.82) is 0 Å². The molecule has 0 radical (unpaired) electrons. The third kappa shape index (κ3) is 1.45. The quantitative estimate of drug-likeness (QED) is 0.494. The van der Waals surface area contributed by atoms with Crippen molar-refractivity contribution < 1.29 is 4.39 Å². The fraction of sp³-hybridized carbons (Fsp3) is 0. The molecule has 0 aliphatic rings. The van der Waals surface area contributed by atoms with Crippen LogP contribution in [0, 0.1) is 5.82 Å². The number of fused-ring (bicyclic) bond motifs is 4. The maximum Gasteiger partial charge on any atom is 0.147 e. The van der Waals surface area contributed by atoms with Gasteiger partial charge in [0, 0.05) is 10.8 Å². The molecule has 4 heteroatoms. The maximum atomic E-state index is 13.8. The number of nitrogens with one attached hydrogen (secondary N) is 1. The summed E-state index contributed by atoms with van der Waals surface area (Å²) in [7, 11) is 0. The van der Waals surface area contributed by atoms with Crippen LogP contribution in [-0.4, -0.2) is 9.97 Å². The molecule has 2 aromatic carbocycles. The fourth-order valence-corrected chi connectivity index (χ4v) is 2.67. The molecule has 0 unspecified atom stereocenters. The lowest BCUT2D eigenvalue weighted by atomic mass is 10.2. The van der Waals surface area contributed by atoms with Gasteiger partial charge in [-0.25, -0.2) is 9.37 Å². The van der Waals surface area contributed by atoms with Crippen molar-refractivity contribution in [3.8, 4) is 0 Å². The van der Waals surface area contributed by atoms with Crippen molar-refractivity contribution >= 4 is 44.4 Å². The lowest BCUT2D eigenvalue weighted by Crippen LogP contribution is -1.81. The van der Waals surface area contributed by atoms with Crippen LogP contribution in [0.2, 0.25) is 5.02 Å². The molecule has 0 atom stereocenters. The minimum Gasteiger partial charge on any atom is -0.351 e. The Hall–Kier alpha value is -2.13. The van der Waals surface area contributed by atoms with E-state index in [1.807, 2.05) is 30.3 Å². The summed E-state index contributed by atoms with van der Waals surface area (Å²) in [4.78, 5) is 7.65. The van der Waals surface area contributed by atoms with Gasteiger partial charge in [-0.2, -0.15) is 0 Å². The molecule has 0 aliphatic carbocycles. The molecule has 0 amide bonds. The number of rotatable bonds is 0. The molecule has 2 heterocycles. The molecule has 0 spiro atoms. The van der Waals surface area contributed by atoms with Crippen LogP contribution in [0.5, 0.6) is 0 Å². The minimum atomic E-state index is -0.273. The predicted octanol–water partition coefficient (Wildman–Crippen LogP) is 4.66. The normalized spacial score (nSPS) is 11.7. The van der Waals surface area contributed by atoms with Gasteiger partial charge in [0.2, 0.25) is 0 Å². The van der Waals surface area contributed by atoms with E-state index in [4.69, 9.17) is 11.6 Å². The molecular formula is C15H8ClFN2. The molecule has 0 saturated carbocycles. The third-order valence-corrected chi connectivity index (χ3v) is 3.66. The Labute approximate surface area is 112 Å². The summed E-state index contributed by atoms with van der Waals surface area (Å²) in [5.41, 5.74) is 2.85. The number of aromatic nitrogens is 2. The van der Waals surface area contributed by atoms with E-state index >= 15 is 0 Å². The largest absolute Gasteiger partial charge is 0.351 e. The van der Waals surface area contributed by atoms with E-state index in [-0.39, 0.29) is 5.82 Å². The van der Waals surface area contributed by atoms with E-state index in [1.165, 1.54) is 6.07 Å². The average molecular weight is 271 g/mol. The van der Waals surface area contributed by atoms with Gasteiger partial charge in [0.05, 0.1) is 27.1 Å². The molecule has 2 aromatic heterocycles. The van der Waals surface area contributed by atoms with Crippen molar-refractivity contribution in [3.05, 3.63) is 53.3 Å². The van der Waals surface area contributed by atoms with Crippen molar-refractivity contribution in [2.75, 3.05) is 0 Å². The minimum absolute atomic E-state index is 0.273. The number of halogens is 2. The third-order valence-electron chi connectivity index (χ3n) is 3.33. The molecular weight excluding hydrogens is 263 g/mol. The molecule has 2 nitrogen and oxygen atoms in total. The highest BCUT2D eigenvalue weighted by atomic mass is 35.5. The standard InChI is InChI=1S/C15H8ClFN2/c16-10-4-2-6-12-9(10)7-13-15(18-12)8-3-1-5-11(17)14(8)19-13/h1-7,19H. The first kappa shape index (κ1) is 10.8. The zero-order chi connectivity index (χ0) is 13.0. The van der Waals surface area contributed by atoms with Crippen LogP contribution in [0.25, 0.3) is 32.8 Å². The van der Waals surface area contributed by atoms with Crippen LogP contribution >= 0.6 is 11.6 Å². The number of benzene rings is 2.